The van der Waals surface area contributed by atoms with Crippen molar-refractivity contribution in [3.05, 3.63) is 41.4 Å². The van der Waals surface area contributed by atoms with Crippen LogP contribution in [-0.2, 0) is 22.6 Å². The third kappa shape index (κ3) is 3.04. The SMILES string of the molecule is NC1C(=O)N2C(C(=O)O)=C(C[n+]3ccc(CCCO)cc3)CSC12. The monoisotopic (exact) mass is 350 g/mol. The van der Waals surface area contributed by atoms with Gasteiger partial charge in [-0.2, -0.15) is 0 Å². The number of aryl methyl sites for hydroxylation is 1. The van der Waals surface area contributed by atoms with Crippen LogP contribution in [0.25, 0.3) is 0 Å². The van der Waals surface area contributed by atoms with Gasteiger partial charge in [0, 0.05) is 30.1 Å². The van der Waals surface area contributed by atoms with Gasteiger partial charge in [-0.05, 0) is 18.4 Å². The van der Waals surface area contributed by atoms with E-state index in [1.165, 1.54) is 16.7 Å². The minimum Gasteiger partial charge on any atom is -0.477 e. The molecule has 1 saturated heterocycles. The number of aliphatic hydroxyl groups is 1. The van der Waals surface area contributed by atoms with Gasteiger partial charge in [-0.3, -0.25) is 9.69 Å². The maximum absolute atomic E-state index is 11.9. The number of nitrogens with zero attached hydrogens (tertiary/aromatic N) is 2. The number of aromatic nitrogens is 1. The highest BCUT2D eigenvalue weighted by molar-refractivity contribution is 8.00. The van der Waals surface area contributed by atoms with Crippen molar-refractivity contribution in [2.45, 2.75) is 30.8 Å². The number of thioether (sulfide) groups is 1. The van der Waals surface area contributed by atoms with Crippen LogP contribution in [0.3, 0.4) is 0 Å². The highest BCUT2D eigenvalue weighted by Gasteiger charge is 2.52. The quantitative estimate of drug-likeness (QED) is 0.471. The maximum atomic E-state index is 11.9. The first-order valence-electron chi connectivity index (χ1n) is 7.77. The van der Waals surface area contributed by atoms with Crippen molar-refractivity contribution in [2.24, 2.45) is 5.73 Å². The number of carboxylic acids is 1. The number of nitrogens with two attached hydrogens (primary N) is 1. The normalized spacial score (nSPS) is 23.1. The summed E-state index contributed by atoms with van der Waals surface area (Å²) in [6.07, 6.45) is 5.30. The van der Waals surface area contributed by atoms with Gasteiger partial charge in [-0.15, -0.1) is 11.8 Å². The van der Waals surface area contributed by atoms with Crippen molar-refractivity contribution >= 4 is 23.6 Å². The lowest BCUT2D eigenvalue weighted by atomic mass is 10.0. The molecular formula is C16H20N3O4S+. The number of hydrogen-bond donors (Lipinski definition) is 3. The van der Waals surface area contributed by atoms with Crippen LogP contribution < -0.4 is 10.3 Å². The molecule has 0 saturated carbocycles. The highest BCUT2D eigenvalue weighted by atomic mass is 32.2. The number of aliphatic hydroxyl groups excluding tert-OH is 1. The molecule has 0 radical (unpaired) electrons. The van der Waals surface area contributed by atoms with Gasteiger partial charge in [0.2, 0.25) is 5.91 Å². The van der Waals surface area contributed by atoms with Crippen molar-refractivity contribution in [3.8, 4) is 0 Å². The fourth-order valence-corrected chi connectivity index (χ4v) is 4.25. The number of aliphatic carboxylic acids is 1. The van der Waals surface area contributed by atoms with Crippen molar-refractivity contribution in [1.82, 2.24) is 4.90 Å². The molecule has 1 aromatic heterocycles. The third-order valence-electron chi connectivity index (χ3n) is 4.25. The largest absolute Gasteiger partial charge is 0.477 e. The fraction of sp³-hybridized carbons (Fsp3) is 0.438. The van der Waals surface area contributed by atoms with Gasteiger partial charge < -0.3 is 15.9 Å². The Morgan fingerprint density at radius 1 is 1.42 bits per heavy atom. The number of rotatable bonds is 6. The number of carboxylic acid groups (broad SMARTS) is 1. The Kier molecular flexibility index (Phi) is 4.88. The number of fused-ring (bicyclic) bond motifs is 1. The van der Waals surface area contributed by atoms with Crippen LogP contribution in [0.15, 0.2) is 35.8 Å². The minimum atomic E-state index is -1.09. The Hall–Kier alpha value is -1.90. The Labute approximate surface area is 143 Å². The molecule has 0 aromatic carbocycles. The zero-order valence-corrected chi connectivity index (χ0v) is 13.9. The zero-order valence-electron chi connectivity index (χ0n) is 13.1. The number of amides is 1. The summed E-state index contributed by atoms with van der Waals surface area (Å²) in [6.45, 7) is 0.578. The first-order chi connectivity index (χ1) is 11.5. The second-order valence-electron chi connectivity index (χ2n) is 5.90. The molecule has 128 valence electrons. The lowest BCUT2D eigenvalue weighted by Crippen LogP contribution is -2.68. The van der Waals surface area contributed by atoms with Crippen molar-refractivity contribution in [3.63, 3.8) is 0 Å². The Balaban J connectivity index is 1.79. The summed E-state index contributed by atoms with van der Waals surface area (Å²) >= 11 is 1.51. The van der Waals surface area contributed by atoms with E-state index in [0.717, 1.165) is 12.0 Å². The smallest absolute Gasteiger partial charge is 0.352 e. The van der Waals surface area contributed by atoms with E-state index >= 15 is 0 Å². The van der Waals surface area contributed by atoms with Gasteiger partial charge in [0.1, 0.15) is 17.1 Å². The summed E-state index contributed by atoms with van der Waals surface area (Å²) in [7, 11) is 0. The van der Waals surface area contributed by atoms with Crippen LogP contribution in [-0.4, -0.2) is 50.8 Å². The second-order valence-corrected chi connectivity index (χ2v) is 7.00. The second kappa shape index (κ2) is 6.92. The molecule has 3 heterocycles. The molecule has 2 atom stereocenters. The molecule has 0 bridgehead atoms. The molecule has 2 unspecified atom stereocenters. The number of pyridine rings is 1. The van der Waals surface area contributed by atoms with E-state index in [2.05, 4.69) is 0 Å². The van der Waals surface area contributed by atoms with Crippen molar-refractivity contribution < 1.29 is 24.4 Å². The number of carbonyl (C=O) groups is 2. The summed E-state index contributed by atoms with van der Waals surface area (Å²) < 4.78 is 1.89. The van der Waals surface area contributed by atoms with Crippen LogP contribution in [0, 0.1) is 0 Å². The number of hydrogen-bond acceptors (Lipinski definition) is 5. The van der Waals surface area contributed by atoms with E-state index in [1.54, 1.807) is 0 Å². The molecule has 0 spiro atoms. The average Bonchev–Trinajstić information content (AvgIpc) is 2.59. The molecule has 0 aliphatic carbocycles. The summed E-state index contributed by atoms with van der Waals surface area (Å²) in [5.41, 5.74) is 7.64. The number of carbonyl (C=O) groups excluding carboxylic acids is 1. The molecule has 1 fully saturated rings. The van der Waals surface area contributed by atoms with E-state index < -0.39 is 12.0 Å². The topological polar surface area (TPSA) is 108 Å². The van der Waals surface area contributed by atoms with E-state index in [1.807, 2.05) is 29.1 Å². The predicted octanol–water partition coefficient (Wildman–Crippen LogP) is -0.520. The van der Waals surface area contributed by atoms with Gasteiger partial charge >= 0.3 is 5.97 Å². The van der Waals surface area contributed by atoms with E-state index in [9.17, 15) is 14.7 Å². The molecule has 2 aliphatic heterocycles. The summed E-state index contributed by atoms with van der Waals surface area (Å²) in [5.74, 6) is -0.870. The van der Waals surface area contributed by atoms with E-state index in [0.29, 0.717) is 24.3 Å². The van der Waals surface area contributed by atoms with Crippen LogP contribution in [0.4, 0.5) is 0 Å². The minimum absolute atomic E-state index is 0.0716. The number of β-lactam (4-membered cyclic amide) rings is 1. The molecule has 4 N–H and O–H groups in total. The van der Waals surface area contributed by atoms with Crippen LogP contribution in [0.2, 0.25) is 0 Å². The first kappa shape index (κ1) is 16.9. The molecule has 8 heteroatoms. The molecule has 2 aliphatic rings. The molecule has 3 rings (SSSR count). The van der Waals surface area contributed by atoms with Crippen molar-refractivity contribution in [1.29, 1.82) is 0 Å². The Morgan fingerprint density at radius 3 is 2.75 bits per heavy atom. The Morgan fingerprint density at radius 2 is 2.12 bits per heavy atom. The summed E-state index contributed by atoms with van der Waals surface area (Å²) in [5, 5.41) is 18.1. The van der Waals surface area contributed by atoms with Crippen molar-refractivity contribution in [2.75, 3.05) is 12.4 Å². The van der Waals surface area contributed by atoms with E-state index in [-0.39, 0.29) is 23.6 Å². The average molecular weight is 350 g/mol. The lowest BCUT2D eigenvalue weighted by Gasteiger charge is -2.47. The van der Waals surface area contributed by atoms with Gasteiger partial charge in [-0.25, -0.2) is 9.36 Å². The molecule has 24 heavy (non-hydrogen) atoms. The van der Waals surface area contributed by atoms with Gasteiger partial charge in [-0.1, -0.05) is 0 Å². The zero-order chi connectivity index (χ0) is 17.3. The summed E-state index contributed by atoms with van der Waals surface area (Å²) in [4.78, 5) is 24.9. The van der Waals surface area contributed by atoms with Gasteiger partial charge in [0.15, 0.2) is 18.9 Å². The Bertz CT molecular complexity index is 689. The highest BCUT2D eigenvalue weighted by Crippen LogP contribution is 2.39. The van der Waals surface area contributed by atoms with Crippen LogP contribution in [0.1, 0.15) is 12.0 Å². The first-order valence-corrected chi connectivity index (χ1v) is 8.82. The molecule has 7 nitrogen and oxygen atoms in total. The molecule has 1 aromatic rings. The molecule has 1 amide bonds. The molecular weight excluding hydrogens is 330 g/mol. The summed E-state index contributed by atoms with van der Waals surface area (Å²) in [6, 6.07) is 3.31. The van der Waals surface area contributed by atoms with Crippen LogP contribution >= 0.6 is 11.8 Å². The fourth-order valence-electron chi connectivity index (χ4n) is 2.97. The van der Waals surface area contributed by atoms with Crippen LogP contribution in [0.5, 0.6) is 0 Å². The third-order valence-corrected chi connectivity index (χ3v) is 5.61. The predicted molar refractivity (Wildman–Crippen MR) is 87.8 cm³/mol. The lowest BCUT2D eigenvalue weighted by molar-refractivity contribution is -0.689. The van der Waals surface area contributed by atoms with Gasteiger partial charge in [0.25, 0.3) is 0 Å². The van der Waals surface area contributed by atoms with Gasteiger partial charge in [0.05, 0.1) is 0 Å². The van der Waals surface area contributed by atoms with E-state index in [4.69, 9.17) is 10.8 Å². The standard InChI is InChI=1S/C16H19N3O4S/c17-12-14(21)19-13(16(22)23)11(9-24-15(12)19)8-18-5-3-10(4-6-18)2-1-7-20/h3-6,12,15,20H,1-2,7-9,17H2/p+1. The maximum Gasteiger partial charge on any atom is 0.352 e.